The van der Waals surface area contributed by atoms with Gasteiger partial charge in [0.25, 0.3) is 11.1 Å². The number of alkyl halides is 3. The Morgan fingerprint density at radius 3 is 2.42 bits per heavy atom. The number of esters is 1. The fourth-order valence-electron chi connectivity index (χ4n) is 1.07. The lowest BCUT2D eigenvalue weighted by atomic mass is 10.2. The molecule has 0 aliphatic rings. The van der Waals surface area contributed by atoms with Gasteiger partial charge in [-0.2, -0.15) is 13.2 Å². The van der Waals surface area contributed by atoms with Crippen LogP contribution in [0.3, 0.4) is 0 Å². The van der Waals surface area contributed by atoms with Gasteiger partial charge in [0.1, 0.15) is 6.61 Å². The molecule has 1 rings (SSSR count). The number of hydrogen-bond acceptors (Lipinski definition) is 4. The summed E-state index contributed by atoms with van der Waals surface area (Å²) < 4.78 is 55.2. The Balaban J connectivity index is 2.43. The first kappa shape index (κ1) is 15.6. The van der Waals surface area contributed by atoms with Gasteiger partial charge < -0.3 is 4.74 Å². The first-order valence-electron chi connectivity index (χ1n) is 5.17. The minimum Gasteiger partial charge on any atom is -0.459 e. The number of carbonyl (C=O) groups excluding carboxylic acids is 1. The zero-order valence-corrected chi connectivity index (χ0v) is 10.7. The molecule has 0 saturated carbocycles. The summed E-state index contributed by atoms with van der Waals surface area (Å²) in [5.74, 6) is -1.01. The molecule has 8 heteroatoms. The largest absolute Gasteiger partial charge is 0.497 e. The van der Waals surface area contributed by atoms with Crippen LogP contribution in [0.1, 0.15) is 12.5 Å². The topological polar surface area (TPSA) is 52.6 Å². The van der Waals surface area contributed by atoms with E-state index in [4.69, 9.17) is 4.74 Å². The summed E-state index contributed by atoms with van der Waals surface area (Å²) in [5, 5.41) is 0. The first-order chi connectivity index (χ1) is 8.80. The van der Waals surface area contributed by atoms with Crippen LogP contribution in [-0.4, -0.2) is 21.8 Å². The third-order valence-electron chi connectivity index (χ3n) is 1.98. The predicted octanol–water partition coefficient (Wildman–Crippen LogP) is 2.32. The molecule has 0 radical (unpaired) electrons. The van der Waals surface area contributed by atoms with Crippen LogP contribution < -0.4 is 0 Å². The van der Waals surface area contributed by atoms with Crippen molar-refractivity contribution in [2.75, 3.05) is 0 Å². The average molecular weight is 296 g/mol. The molecule has 0 aromatic heterocycles. The van der Waals surface area contributed by atoms with E-state index >= 15 is 0 Å². The fourth-order valence-corrected chi connectivity index (χ4v) is 1.52. The fraction of sp³-hybridized carbons (Fsp3) is 0.364. The Hall–Kier alpha value is -1.41. The highest BCUT2D eigenvalue weighted by atomic mass is 32.2. The monoisotopic (exact) mass is 296 g/mol. The highest BCUT2D eigenvalue weighted by Gasteiger charge is 2.40. The van der Waals surface area contributed by atoms with E-state index in [1.807, 2.05) is 0 Å². The molecule has 2 atom stereocenters. The molecular formula is C11H11F3O4S. The minimum atomic E-state index is -5.02. The number of ether oxygens (including phenoxy) is 1. The van der Waals surface area contributed by atoms with E-state index in [9.17, 15) is 22.2 Å². The normalized spacial score (nSPS) is 14.7. The van der Waals surface area contributed by atoms with Crippen LogP contribution in [0.5, 0.6) is 0 Å². The summed E-state index contributed by atoms with van der Waals surface area (Å²) in [4.78, 5) is 11.3. The van der Waals surface area contributed by atoms with Crippen molar-refractivity contribution in [1.82, 2.24) is 0 Å². The van der Waals surface area contributed by atoms with Gasteiger partial charge in [-0.05, 0) is 12.5 Å². The van der Waals surface area contributed by atoms with E-state index in [-0.39, 0.29) is 6.61 Å². The third-order valence-corrected chi connectivity index (χ3v) is 2.82. The maximum atomic E-state index is 11.9. The standard InChI is InChI=1S/C11H11F3O4S/c1-8(18-19(16)11(12,13)14)10(15)17-7-9-5-3-2-4-6-9/h2-6,8H,7H2,1H3. The Kier molecular flexibility index (Phi) is 5.49. The van der Waals surface area contributed by atoms with Gasteiger partial charge >= 0.3 is 11.5 Å². The molecule has 0 spiro atoms. The Morgan fingerprint density at radius 2 is 1.89 bits per heavy atom. The lowest BCUT2D eigenvalue weighted by Crippen LogP contribution is -2.29. The van der Waals surface area contributed by atoms with Gasteiger partial charge in [-0.25, -0.2) is 9.00 Å². The summed E-state index contributed by atoms with van der Waals surface area (Å²) in [6, 6.07) is 8.59. The van der Waals surface area contributed by atoms with E-state index in [2.05, 4.69) is 4.18 Å². The van der Waals surface area contributed by atoms with Gasteiger partial charge in [-0.3, -0.25) is 4.18 Å². The van der Waals surface area contributed by atoms with Crippen LogP contribution >= 0.6 is 0 Å². The molecular weight excluding hydrogens is 285 g/mol. The predicted molar refractivity (Wildman–Crippen MR) is 61.0 cm³/mol. The highest BCUT2D eigenvalue weighted by Crippen LogP contribution is 2.22. The summed E-state index contributed by atoms with van der Waals surface area (Å²) >= 11 is -3.54. The smallest absolute Gasteiger partial charge is 0.459 e. The molecule has 0 heterocycles. The molecule has 2 unspecified atom stereocenters. The molecule has 0 fully saturated rings. The SMILES string of the molecule is CC(OS(=O)C(F)(F)F)C(=O)OCc1ccccc1. The third kappa shape index (κ3) is 5.39. The van der Waals surface area contributed by atoms with Gasteiger partial charge in [-0.1, -0.05) is 30.3 Å². The lowest BCUT2D eigenvalue weighted by Gasteiger charge is -2.12. The number of benzene rings is 1. The number of halogens is 3. The molecule has 0 amide bonds. The molecule has 1 aromatic carbocycles. The molecule has 19 heavy (non-hydrogen) atoms. The Morgan fingerprint density at radius 1 is 1.32 bits per heavy atom. The maximum Gasteiger partial charge on any atom is 0.497 e. The van der Waals surface area contributed by atoms with Gasteiger partial charge in [0, 0.05) is 0 Å². The molecule has 0 saturated heterocycles. The van der Waals surface area contributed by atoms with Gasteiger partial charge in [0.05, 0.1) is 0 Å². The van der Waals surface area contributed by atoms with E-state index in [0.717, 1.165) is 6.92 Å². The molecule has 0 aliphatic heterocycles. The van der Waals surface area contributed by atoms with Crippen LogP contribution in [0.2, 0.25) is 0 Å². The van der Waals surface area contributed by atoms with Crippen LogP contribution in [-0.2, 0) is 31.4 Å². The number of rotatable bonds is 5. The lowest BCUT2D eigenvalue weighted by molar-refractivity contribution is -0.152. The van der Waals surface area contributed by atoms with Crippen molar-refractivity contribution in [2.45, 2.75) is 25.1 Å². The Bertz CT molecular complexity index is 447. The summed E-state index contributed by atoms with van der Waals surface area (Å²) in [6.07, 6.45) is -1.56. The molecule has 0 aliphatic carbocycles. The van der Waals surface area contributed by atoms with Crippen LogP contribution in [0.4, 0.5) is 13.2 Å². The van der Waals surface area contributed by atoms with E-state index in [0.29, 0.717) is 5.56 Å². The summed E-state index contributed by atoms with van der Waals surface area (Å²) in [7, 11) is 0. The first-order valence-corrected chi connectivity index (χ1v) is 6.24. The number of carbonyl (C=O) groups is 1. The molecule has 106 valence electrons. The number of hydrogen-bond donors (Lipinski definition) is 0. The van der Waals surface area contributed by atoms with Gasteiger partial charge in [0.15, 0.2) is 6.10 Å². The second kappa shape index (κ2) is 6.67. The highest BCUT2D eigenvalue weighted by molar-refractivity contribution is 7.81. The van der Waals surface area contributed by atoms with Crippen molar-refractivity contribution < 1.29 is 31.1 Å². The van der Waals surface area contributed by atoms with Crippen molar-refractivity contribution in [2.24, 2.45) is 0 Å². The Labute approximate surface area is 110 Å². The van der Waals surface area contributed by atoms with Crippen molar-refractivity contribution in [1.29, 1.82) is 0 Å². The minimum absolute atomic E-state index is 0.0912. The van der Waals surface area contributed by atoms with Gasteiger partial charge in [-0.15, -0.1) is 0 Å². The van der Waals surface area contributed by atoms with Crippen molar-refractivity contribution >= 4 is 17.0 Å². The van der Waals surface area contributed by atoms with Gasteiger partial charge in [0.2, 0.25) is 0 Å². The maximum absolute atomic E-state index is 11.9. The van der Waals surface area contributed by atoms with E-state index in [1.165, 1.54) is 0 Å². The van der Waals surface area contributed by atoms with Crippen LogP contribution in [0, 0.1) is 0 Å². The zero-order chi connectivity index (χ0) is 14.5. The van der Waals surface area contributed by atoms with E-state index in [1.54, 1.807) is 30.3 Å². The average Bonchev–Trinajstić information content (AvgIpc) is 2.35. The molecule has 1 aromatic rings. The second-order valence-corrected chi connectivity index (χ2v) is 4.64. The quantitative estimate of drug-likeness (QED) is 0.782. The van der Waals surface area contributed by atoms with Crippen LogP contribution in [0.15, 0.2) is 30.3 Å². The molecule has 4 nitrogen and oxygen atoms in total. The zero-order valence-electron chi connectivity index (χ0n) is 9.85. The van der Waals surface area contributed by atoms with Crippen molar-refractivity contribution in [3.8, 4) is 0 Å². The molecule has 0 N–H and O–H groups in total. The second-order valence-electron chi connectivity index (χ2n) is 3.51. The summed E-state index contributed by atoms with van der Waals surface area (Å²) in [5.41, 5.74) is -4.34. The van der Waals surface area contributed by atoms with Crippen molar-refractivity contribution in [3.63, 3.8) is 0 Å². The van der Waals surface area contributed by atoms with Crippen LogP contribution in [0.25, 0.3) is 0 Å². The molecule has 0 bridgehead atoms. The summed E-state index contributed by atoms with van der Waals surface area (Å²) in [6.45, 7) is 0.947. The van der Waals surface area contributed by atoms with Crippen molar-refractivity contribution in [3.05, 3.63) is 35.9 Å². The van der Waals surface area contributed by atoms with E-state index < -0.39 is 28.7 Å².